The Morgan fingerprint density at radius 3 is 2.84 bits per heavy atom. The van der Waals surface area contributed by atoms with Gasteiger partial charge >= 0.3 is 0 Å². The predicted molar refractivity (Wildman–Crippen MR) is 79.1 cm³/mol. The summed E-state index contributed by atoms with van der Waals surface area (Å²) in [7, 11) is 0. The number of nitrogens with one attached hydrogen (secondary N) is 1. The van der Waals surface area contributed by atoms with Crippen molar-refractivity contribution in [1.29, 1.82) is 0 Å². The minimum Gasteiger partial charge on any atom is -0.331 e. The Bertz CT molecular complexity index is 502. The molecule has 0 saturated carbocycles. The van der Waals surface area contributed by atoms with Gasteiger partial charge in [0.25, 0.3) is 0 Å². The van der Waals surface area contributed by atoms with E-state index in [0.717, 1.165) is 31.9 Å². The van der Waals surface area contributed by atoms with Crippen molar-refractivity contribution >= 4 is 0 Å². The second kappa shape index (κ2) is 7.10. The summed E-state index contributed by atoms with van der Waals surface area (Å²) in [5.41, 5.74) is 2.69. The Kier molecular flexibility index (Phi) is 5.16. The quantitative estimate of drug-likeness (QED) is 0.773. The fraction of sp³-hybridized carbons (Fsp3) is 0.438. The molecule has 3 heteroatoms. The van der Waals surface area contributed by atoms with Crippen LogP contribution in [-0.2, 0) is 19.5 Å². The zero-order valence-electron chi connectivity index (χ0n) is 11.9. The van der Waals surface area contributed by atoms with Gasteiger partial charge in [-0.05, 0) is 24.1 Å². The largest absolute Gasteiger partial charge is 0.331 e. The monoisotopic (exact) mass is 257 g/mol. The number of aromatic nitrogens is 2. The molecule has 1 heterocycles. The van der Waals surface area contributed by atoms with E-state index in [1.54, 1.807) is 0 Å². The van der Waals surface area contributed by atoms with Crippen LogP contribution in [0.5, 0.6) is 0 Å². The molecule has 0 aliphatic heterocycles. The second-order valence-electron chi connectivity index (χ2n) is 4.82. The minimum atomic E-state index is 0.908. The van der Waals surface area contributed by atoms with Gasteiger partial charge in [-0.3, -0.25) is 0 Å². The van der Waals surface area contributed by atoms with E-state index >= 15 is 0 Å². The molecule has 0 unspecified atom stereocenters. The number of aryl methyl sites for hydroxylation is 1. The van der Waals surface area contributed by atoms with Crippen LogP contribution in [0.4, 0.5) is 0 Å². The highest BCUT2D eigenvalue weighted by molar-refractivity contribution is 5.24. The van der Waals surface area contributed by atoms with Crippen LogP contribution in [0.25, 0.3) is 0 Å². The molecule has 0 amide bonds. The summed E-state index contributed by atoms with van der Waals surface area (Å²) < 4.78 is 2.22. The van der Waals surface area contributed by atoms with Crippen LogP contribution in [0.15, 0.2) is 36.7 Å². The summed E-state index contributed by atoms with van der Waals surface area (Å²) in [6.07, 6.45) is 6.09. The average molecular weight is 257 g/mol. The third-order valence-electron chi connectivity index (χ3n) is 3.22. The van der Waals surface area contributed by atoms with Crippen molar-refractivity contribution < 1.29 is 0 Å². The van der Waals surface area contributed by atoms with Crippen LogP contribution in [-0.4, -0.2) is 16.1 Å². The third-order valence-corrected chi connectivity index (χ3v) is 3.22. The van der Waals surface area contributed by atoms with Gasteiger partial charge in [0, 0.05) is 31.9 Å². The first-order valence-corrected chi connectivity index (χ1v) is 7.12. The van der Waals surface area contributed by atoms with E-state index in [4.69, 9.17) is 0 Å². The Hall–Kier alpha value is -1.61. The molecule has 1 aromatic heterocycles. The molecular weight excluding hydrogens is 234 g/mol. The number of hydrogen-bond acceptors (Lipinski definition) is 2. The van der Waals surface area contributed by atoms with Crippen LogP contribution in [0.1, 0.15) is 37.2 Å². The average Bonchev–Trinajstić information content (AvgIpc) is 2.87. The molecule has 0 fully saturated rings. The molecule has 1 N–H and O–H groups in total. The summed E-state index contributed by atoms with van der Waals surface area (Å²) in [4.78, 5) is 4.36. The highest BCUT2D eigenvalue weighted by atomic mass is 15.1. The molecule has 102 valence electrons. The smallest absolute Gasteiger partial charge is 0.108 e. The molecule has 1 aromatic carbocycles. The number of nitrogens with zero attached hydrogens (tertiary/aromatic N) is 2. The van der Waals surface area contributed by atoms with Gasteiger partial charge in [0.15, 0.2) is 0 Å². The van der Waals surface area contributed by atoms with Crippen LogP contribution in [0.3, 0.4) is 0 Å². The summed E-state index contributed by atoms with van der Waals surface area (Å²) in [5.74, 6) is 1.15. The van der Waals surface area contributed by atoms with E-state index in [1.807, 2.05) is 6.20 Å². The van der Waals surface area contributed by atoms with E-state index in [0.29, 0.717) is 0 Å². The topological polar surface area (TPSA) is 29.9 Å². The van der Waals surface area contributed by atoms with E-state index in [9.17, 15) is 0 Å². The Labute approximate surface area is 115 Å². The van der Waals surface area contributed by atoms with E-state index in [2.05, 4.69) is 59.2 Å². The molecule has 0 spiro atoms. The molecule has 2 rings (SSSR count). The Morgan fingerprint density at radius 2 is 2.05 bits per heavy atom. The van der Waals surface area contributed by atoms with Crippen LogP contribution >= 0.6 is 0 Å². The van der Waals surface area contributed by atoms with Gasteiger partial charge in [0.2, 0.25) is 0 Å². The maximum atomic E-state index is 4.36. The molecule has 3 nitrogen and oxygen atoms in total. The lowest BCUT2D eigenvalue weighted by Gasteiger charge is -2.09. The van der Waals surface area contributed by atoms with Crippen LogP contribution in [0, 0.1) is 0 Å². The molecule has 0 bridgehead atoms. The normalized spacial score (nSPS) is 10.8. The highest BCUT2D eigenvalue weighted by Crippen LogP contribution is 2.09. The Morgan fingerprint density at radius 1 is 1.21 bits per heavy atom. The van der Waals surface area contributed by atoms with E-state index in [-0.39, 0.29) is 0 Å². The standard InChI is InChI=1S/C16H23N3/c1-3-8-17-12-14-6-5-7-15(11-14)13-19-10-9-18-16(19)4-2/h5-7,9-11,17H,3-4,8,12-13H2,1-2H3. The molecule has 0 radical (unpaired) electrons. The molecule has 19 heavy (non-hydrogen) atoms. The summed E-state index contributed by atoms with van der Waals surface area (Å²) in [6, 6.07) is 8.78. The van der Waals surface area contributed by atoms with E-state index in [1.165, 1.54) is 17.5 Å². The lowest BCUT2D eigenvalue weighted by Crippen LogP contribution is -2.14. The maximum Gasteiger partial charge on any atom is 0.108 e. The van der Waals surface area contributed by atoms with Gasteiger partial charge in [-0.1, -0.05) is 38.1 Å². The summed E-state index contributed by atoms with van der Waals surface area (Å²) in [6.45, 7) is 7.27. The number of rotatable bonds is 7. The fourth-order valence-corrected chi connectivity index (χ4v) is 2.24. The predicted octanol–water partition coefficient (Wildman–Crippen LogP) is 2.99. The van der Waals surface area contributed by atoms with Crippen molar-refractivity contribution in [3.05, 3.63) is 53.6 Å². The molecule has 2 aromatic rings. The van der Waals surface area contributed by atoms with Gasteiger partial charge < -0.3 is 9.88 Å². The van der Waals surface area contributed by atoms with Gasteiger partial charge in [-0.15, -0.1) is 0 Å². The molecule has 0 aliphatic rings. The van der Waals surface area contributed by atoms with Crippen LogP contribution < -0.4 is 5.32 Å². The first-order valence-electron chi connectivity index (χ1n) is 7.12. The van der Waals surface area contributed by atoms with Crippen molar-refractivity contribution in [3.63, 3.8) is 0 Å². The maximum absolute atomic E-state index is 4.36. The summed E-state index contributed by atoms with van der Waals surface area (Å²) >= 11 is 0. The summed E-state index contributed by atoms with van der Waals surface area (Å²) in [5, 5.41) is 3.44. The lowest BCUT2D eigenvalue weighted by molar-refractivity contribution is 0.673. The molecular formula is C16H23N3. The van der Waals surface area contributed by atoms with Gasteiger partial charge in [0.1, 0.15) is 5.82 Å². The SMILES string of the molecule is CCCNCc1cccc(Cn2ccnc2CC)c1. The zero-order valence-corrected chi connectivity index (χ0v) is 11.9. The molecule has 0 aliphatic carbocycles. The lowest BCUT2D eigenvalue weighted by atomic mass is 10.1. The number of benzene rings is 1. The van der Waals surface area contributed by atoms with Crippen molar-refractivity contribution in [2.45, 2.75) is 39.8 Å². The van der Waals surface area contributed by atoms with Gasteiger partial charge in [-0.25, -0.2) is 4.98 Å². The van der Waals surface area contributed by atoms with Crippen LogP contribution in [0.2, 0.25) is 0 Å². The van der Waals surface area contributed by atoms with Crippen molar-refractivity contribution in [1.82, 2.24) is 14.9 Å². The van der Waals surface area contributed by atoms with Crippen molar-refractivity contribution in [3.8, 4) is 0 Å². The molecule has 0 saturated heterocycles. The number of imidazole rings is 1. The zero-order chi connectivity index (χ0) is 13.5. The second-order valence-corrected chi connectivity index (χ2v) is 4.82. The van der Waals surface area contributed by atoms with Crippen molar-refractivity contribution in [2.75, 3.05) is 6.54 Å². The first kappa shape index (κ1) is 13.8. The molecule has 0 atom stereocenters. The van der Waals surface area contributed by atoms with Crippen molar-refractivity contribution in [2.24, 2.45) is 0 Å². The minimum absolute atomic E-state index is 0.908. The number of hydrogen-bond donors (Lipinski definition) is 1. The highest BCUT2D eigenvalue weighted by Gasteiger charge is 2.02. The first-order chi connectivity index (χ1) is 9.33. The fourth-order valence-electron chi connectivity index (χ4n) is 2.24. The third kappa shape index (κ3) is 3.93. The van der Waals surface area contributed by atoms with Gasteiger partial charge in [-0.2, -0.15) is 0 Å². The Balaban J connectivity index is 2.02. The van der Waals surface area contributed by atoms with Gasteiger partial charge in [0.05, 0.1) is 0 Å². The van der Waals surface area contributed by atoms with E-state index < -0.39 is 0 Å².